The van der Waals surface area contributed by atoms with Crippen LogP contribution in [-0.4, -0.2) is 18.6 Å². The standard InChI is InChI=1S/C19H20FNO2/c1-14-3-10-18(11-4-14)23-13-15(2)21-19(22)12-7-16-5-8-17(20)9-6-16/h3-12,15H,13H2,1-2H3,(H,21,22)/b12-7+/t15-/m1/s1. The van der Waals surface area contributed by atoms with Gasteiger partial charge in [-0.3, -0.25) is 4.79 Å². The normalized spacial score (nSPS) is 12.1. The maximum atomic E-state index is 12.8. The summed E-state index contributed by atoms with van der Waals surface area (Å²) in [4.78, 5) is 11.8. The summed E-state index contributed by atoms with van der Waals surface area (Å²) in [5, 5.41) is 2.82. The molecule has 0 fully saturated rings. The van der Waals surface area contributed by atoms with Gasteiger partial charge in [-0.1, -0.05) is 29.8 Å². The van der Waals surface area contributed by atoms with Crippen LogP contribution in [0.2, 0.25) is 0 Å². The highest BCUT2D eigenvalue weighted by Gasteiger charge is 2.05. The predicted octanol–water partition coefficient (Wildman–Crippen LogP) is 3.73. The molecule has 1 amide bonds. The largest absolute Gasteiger partial charge is 0.491 e. The van der Waals surface area contributed by atoms with E-state index < -0.39 is 0 Å². The Morgan fingerprint density at radius 3 is 2.48 bits per heavy atom. The smallest absolute Gasteiger partial charge is 0.244 e. The minimum Gasteiger partial charge on any atom is -0.491 e. The second-order valence-electron chi connectivity index (χ2n) is 5.42. The van der Waals surface area contributed by atoms with Crippen molar-refractivity contribution in [2.75, 3.05) is 6.61 Å². The van der Waals surface area contributed by atoms with Gasteiger partial charge in [0, 0.05) is 6.08 Å². The van der Waals surface area contributed by atoms with Gasteiger partial charge in [0.25, 0.3) is 0 Å². The summed E-state index contributed by atoms with van der Waals surface area (Å²) in [6, 6.07) is 13.6. The van der Waals surface area contributed by atoms with Gasteiger partial charge in [-0.15, -0.1) is 0 Å². The van der Waals surface area contributed by atoms with Gasteiger partial charge >= 0.3 is 0 Å². The molecule has 120 valence electrons. The third-order valence-corrected chi connectivity index (χ3v) is 3.21. The first-order chi connectivity index (χ1) is 11.0. The number of carbonyl (C=O) groups excluding carboxylic acids is 1. The molecule has 0 saturated heterocycles. The van der Waals surface area contributed by atoms with Crippen molar-refractivity contribution in [3.05, 3.63) is 71.6 Å². The molecule has 0 radical (unpaired) electrons. The van der Waals surface area contributed by atoms with E-state index in [1.165, 1.54) is 23.8 Å². The summed E-state index contributed by atoms with van der Waals surface area (Å²) in [7, 11) is 0. The summed E-state index contributed by atoms with van der Waals surface area (Å²) < 4.78 is 18.4. The minimum atomic E-state index is -0.298. The van der Waals surface area contributed by atoms with E-state index in [-0.39, 0.29) is 17.8 Å². The summed E-state index contributed by atoms with van der Waals surface area (Å²) in [5.74, 6) is 0.265. The van der Waals surface area contributed by atoms with Crippen LogP contribution in [0.4, 0.5) is 4.39 Å². The van der Waals surface area contributed by atoms with Gasteiger partial charge in [-0.05, 0) is 49.8 Å². The van der Waals surface area contributed by atoms with Crippen molar-refractivity contribution in [1.29, 1.82) is 0 Å². The SMILES string of the molecule is Cc1ccc(OC[C@@H](C)NC(=O)/C=C/c2ccc(F)cc2)cc1. The average molecular weight is 313 g/mol. The number of nitrogens with one attached hydrogen (secondary N) is 1. The molecule has 0 aliphatic rings. The highest BCUT2D eigenvalue weighted by molar-refractivity contribution is 5.91. The lowest BCUT2D eigenvalue weighted by atomic mass is 10.2. The van der Waals surface area contributed by atoms with Crippen LogP contribution in [-0.2, 0) is 4.79 Å². The molecule has 0 spiro atoms. The van der Waals surface area contributed by atoms with Crippen LogP contribution in [0.25, 0.3) is 6.08 Å². The number of aryl methyl sites for hydroxylation is 1. The highest BCUT2D eigenvalue weighted by atomic mass is 19.1. The number of carbonyl (C=O) groups is 1. The average Bonchev–Trinajstić information content (AvgIpc) is 2.54. The zero-order valence-corrected chi connectivity index (χ0v) is 13.3. The molecule has 23 heavy (non-hydrogen) atoms. The van der Waals surface area contributed by atoms with Crippen LogP contribution in [0.3, 0.4) is 0 Å². The number of rotatable bonds is 6. The number of halogens is 1. The van der Waals surface area contributed by atoms with Gasteiger partial charge in [0.15, 0.2) is 0 Å². The molecule has 0 aliphatic carbocycles. The van der Waals surface area contributed by atoms with E-state index in [0.29, 0.717) is 6.61 Å². The summed E-state index contributed by atoms with van der Waals surface area (Å²) in [6.07, 6.45) is 3.07. The van der Waals surface area contributed by atoms with E-state index in [2.05, 4.69) is 5.32 Å². The fourth-order valence-electron chi connectivity index (χ4n) is 1.93. The first-order valence-electron chi connectivity index (χ1n) is 7.46. The van der Waals surface area contributed by atoms with Crippen LogP contribution in [0.15, 0.2) is 54.6 Å². The topological polar surface area (TPSA) is 38.3 Å². The molecule has 0 unspecified atom stereocenters. The fraction of sp³-hybridized carbons (Fsp3) is 0.211. The number of benzene rings is 2. The van der Waals surface area contributed by atoms with Gasteiger partial charge in [-0.25, -0.2) is 4.39 Å². The number of amides is 1. The summed E-state index contributed by atoms with van der Waals surface area (Å²) in [5.41, 5.74) is 1.94. The monoisotopic (exact) mass is 313 g/mol. The van der Waals surface area contributed by atoms with Gasteiger partial charge in [0.05, 0.1) is 6.04 Å². The van der Waals surface area contributed by atoms with E-state index in [1.54, 1.807) is 18.2 Å². The first-order valence-corrected chi connectivity index (χ1v) is 7.46. The molecule has 3 nitrogen and oxygen atoms in total. The van der Waals surface area contributed by atoms with Crippen molar-refractivity contribution in [2.24, 2.45) is 0 Å². The van der Waals surface area contributed by atoms with Crippen molar-refractivity contribution < 1.29 is 13.9 Å². The summed E-state index contributed by atoms with van der Waals surface area (Å²) >= 11 is 0. The van der Waals surface area contributed by atoms with E-state index in [4.69, 9.17) is 4.74 Å². The predicted molar refractivity (Wildman–Crippen MR) is 89.7 cm³/mol. The Morgan fingerprint density at radius 1 is 1.17 bits per heavy atom. The molecule has 0 bridgehead atoms. The van der Waals surface area contributed by atoms with Crippen molar-refractivity contribution in [3.63, 3.8) is 0 Å². The second-order valence-corrected chi connectivity index (χ2v) is 5.42. The Hall–Kier alpha value is -2.62. The lowest BCUT2D eigenvalue weighted by Gasteiger charge is -2.14. The molecular weight excluding hydrogens is 293 g/mol. The highest BCUT2D eigenvalue weighted by Crippen LogP contribution is 2.11. The molecule has 0 aliphatic heterocycles. The van der Waals surface area contributed by atoms with Crippen LogP contribution < -0.4 is 10.1 Å². The zero-order chi connectivity index (χ0) is 16.7. The Balaban J connectivity index is 1.77. The van der Waals surface area contributed by atoms with E-state index in [9.17, 15) is 9.18 Å². The molecule has 0 saturated carbocycles. The Morgan fingerprint density at radius 2 is 1.83 bits per heavy atom. The third-order valence-electron chi connectivity index (χ3n) is 3.21. The van der Waals surface area contributed by atoms with Crippen LogP contribution in [0.1, 0.15) is 18.1 Å². The molecule has 1 atom stereocenters. The quantitative estimate of drug-likeness (QED) is 0.825. The molecule has 4 heteroatoms. The Labute approximate surface area is 135 Å². The second kappa shape index (κ2) is 8.13. The van der Waals surface area contributed by atoms with Crippen molar-refractivity contribution in [3.8, 4) is 5.75 Å². The lowest BCUT2D eigenvalue weighted by Crippen LogP contribution is -2.35. The first kappa shape index (κ1) is 16.7. The van der Waals surface area contributed by atoms with Gasteiger partial charge in [0.1, 0.15) is 18.2 Å². The maximum Gasteiger partial charge on any atom is 0.244 e. The number of hydrogen-bond donors (Lipinski definition) is 1. The van der Waals surface area contributed by atoms with Gasteiger partial charge < -0.3 is 10.1 Å². The summed E-state index contributed by atoms with van der Waals surface area (Å²) in [6.45, 7) is 4.27. The maximum absolute atomic E-state index is 12.8. The van der Waals surface area contributed by atoms with E-state index in [0.717, 1.165) is 11.3 Å². The minimum absolute atomic E-state index is 0.123. The van der Waals surface area contributed by atoms with Crippen LogP contribution in [0.5, 0.6) is 5.75 Å². The van der Waals surface area contributed by atoms with Crippen LogP contribution >= 0.6 is 0 Å². The van der Waals surface area contributed by atoms with Crippen molar-refractivity contribution in [1.82, 2.24) is 5.32 Å². The third kappa shape index (κ3) is 5.94. The van der Waals surface area contributed by atoms with Crippen molar-refractivity contribution in [2.45, 2.75) is 19.9 Å². The molecule has 0 aromatic heterocycles. The number of hydrogen-bond acceptors (Lipinski definition) is 2. The lowest BCUT2D eigenvalue weighted by molar-refractivity contribution is -0.117. The molecule has 1 N–H and O–H groups in total. The fourth-order valence-corrected chi connectivity index (χ4v) is 1.93. The molecule has 2 rings (SSSR count). The molecule has 2 aromatic rings. The van der Waals surface area contributed by atoms with E-state index in [1.807, 2.05) is 38.1 Å². The van der Waals surface area contributed by atoms with Gasteiger partial charge in [-0.2, -0.15) is 0 Å². The van der Waals surface area contributed by atoms with Gasteiger partial charge in [0.2, 0.25) is 5.91 Å². The number of ether oxygens (including phenoxy) is 1. The zero-order valence-electron chi connectivity index (χ0n) is 13.3. The Bertz CT molecular complexity index is 663. The van der Waals surface area contributed by atoms with Crippen molar-refractivity contribution >= 4 is 12.0 Å². The van der Waals surface area contributed by atoms with E-state index >= 15 is 0 Å². The molecular formula is C19H20FNO2. The molecule has 0 heterocycles. The van der Waals surface area contributed by atoms with Crippen LogP contribution in [0, 0.1) is 12.7 Å². The Kier molecular flexibility index (Phi) is 5.92. The molecule has 2 aromatic carbocycles.